The summed E-state index contributed by atoms with van der Waals surface area (Å²) in [5, 5.41) is 11.4. The summed E-state index contributed by atoms with van der Waals surface area (Å²) in [6.07, 6.45) is -10.7. The van der Waals surface area contributed by atoms with E-state index < -0.39 is 66.1 Å². The molecule has 268 valence electrons. The van der Waals surface area contributed by atoms with E-state index in [4.69, 9.17) is 9.84 Å². The van der Waals surface area contributed by atoms with Crippen LogP contribution in [0.15, 0.2) is 76.1 Å². The molecule has 2 heterocycles. The van der Waals surface area contributed by atoms with Crippen molar-refractivity contribution in [2.75, 3.05) is 31.5 Å². The number of carbonyl (C=O) groups is 4. The van der Waals surface area contributed by atoms with Crippen LogP contribution < -0.4 is 5.32 Å². The van der Waals surface area contributed by atoms with Crippen molar-refractivity contribution in [3.05, 3.63) is 88.3 Å². The van der Waals surface area contributed by atoms with Gasteiger partial charge in [0.25, 0.3) is 5.91 Å². The van der Waals surface area contributed by atoms with Gasteiger partial charge in [-0.15, -0.1) is 0 Å². The van der Waals surface area contributed by atoms with Crippen LogP contribution in [0, 0.1) is 0 Å². The smallest absolute Gasteiger partial charge is 0.416 e. The Kier molecular flexibility index (Phi) is 12.4. The fourth-order valence-electron chi connectivity index (χ4n) is 5.30. The van der Waals surface area contributed by atoms with E-state index in [9.17, 15) is 45.5 Å². The average molecular weight is 718 g/mol. The van der Waals surface area contributed by atoms with Gasteiger partial charge in [-0.3, -0.25) is 9.59 Å². The standard InChI is InChI=1S/C34H29F6N5O6/c35-33(36,37)24-17-22(18-25(20-24)34(38,39)40)19-28(30(48)42-13-6-2-1-5-12-41-21-29(46)47)51-32(50)44-14-10-26(11-15-44)45-16-9-23-7-3-4-8-27(23)43-31(45)49/h1-4,7-8,17-18,20,26,28H,9-11,14-16,19,21H2,(H,43,49)(H,46,47)/t28-/m1/s1. The molecule has 1 saturated heterocycles. The number of carbonyl (C=O) groups excluding carboxylic acids is 3. The van der Waals surface area contributed by atoms with Gasteiger partial charge < -0.3 is 25.0 Å². The average Bonchev–Trinajstić information content (AvgIpc) is 3.24. The predicted octanol–water partition coefficient (Wildman–Crippen LogP) is 5.70. The van der Waals surface area contributed by atoms with Crippen LogP contribution in [0.2, 0.25) is 0 Å². The number of hydrogen-bond acceptors (Lipinski definition) is 6. The van der Waals surface area contributed by atoms with Gasteiger partial charge in [0.05, 0.1) is 11.1 Å². The van der Waals surface area contributed by atoms with Crippen LogP contribution >= 0.6 is 0 Å². The summed E-state index contributed by atoms with van der Waals surface area (Å²) < 4.78 is 86.3. The highest BCUT2D eigenvalue weighted by atomic mass is 19.4. The van der Waals surface area contributed by atoms with Gasteiger partial charge in [-0.05, 0) is 78.3 Å². The number of allylic oxidation sites excluding steroid dienone is 2. The van der Waals surface area contributed by atoms with E-state index >= 15 is 0 Å². The lowest BCUT2D eigenvalue weighted by Crippen LogP contribution is -2.50. The van der Waals surface area contributed by atoms with E-state index in [0.29, 0.717) is 43.6 Å². The Balaban J connectivity index is 1.51. The molecule has 1 atom stereocenters. The van der Waals surface area contributed by atoms with Crippen LogP contribution in [0.5, 0.6) is 0 Å². The van der Waals surface area contributed by atoms with E-state index in [0.717, 1.165) is 17.7 Å². The van der Waals surface area contributed by atoms with Crippen LogP contribution in [-0.4, -0.2) is 89.0 Å². The van der Waals surface area contributed by atoms with Crippen molar-refractivity contribution >= 4 is 41.4 Å². The summed E-state index contributed by atoms with van der Waals surface area (Å²) in [6.45, 7) is 0.0281. The number of urea groups is 1. The van der Waals surface area contributed by atoms with E-state index in [1.54, 1.807) is 17.0 Å². The number of nitrogens with one attached hydrogen (secondary N) is 1. The Hall–Kier alpha value is -5.84. The van der Waals surface area contributed by atoms with Gasteiger partial charge in [0.15, 0.2) is 6.10 Å². The number of carboxylic acids is 1. The number of fused-ring (bicyclic) bond motifs is 1. The van der Waals surface area contributed by atoms with Crippen LogP contribution in [0.25, 0.3) is 0 Å². The van der Waals surface area contributed by atoms with E-state index in [1.165, 1.54) is 4.90 Å². The maximum Gasteiger partial charge on any atom is 0.416 e. The largest absolute Gasteiger partial charge is 0.480 e. The van der Waals surface area contributed by atoms with Gasteiger partial charge in [0.1, 0.15) is 6.54 Å². The summed E-state index contributed by atoms with van der Waals surface area (Å²) in [5.41, 5.74) is 2.47. The number of carboxylic acid groups (broad SMARTS) is 1. The number of ether oxygens (including phenoxy) is 1. The van der Waals surface area contributed by atoms with Gasteiger partial charge in [0, 0.05) is 49.5 Å². The van der Waals surface area contributed by atoms with Crippen molar-refractivity contribution in [3.8, 4) is 0 Å². The first-order valence-electron chi connectivity index (χ1n) is 15.3. The number of anilines is 1. The molecule has 0 radical (unpaired) electrons. The zero-order chi connectivity index (χ0) is 37.2. The molecule has 11 nitrogen and oxygen atoms in total. The van der Waals surface area contributed by atoms with Crippen molar-refractivity contribution in [2.45, 2.75) is 50.2 Å². The first-order chi connectivity index (χ1) is 24.1. The number of amides is 4. The third kappa shape index (κ3) is 11.1. The first-order valence-corrected chi connectivity index (χ1v) is 15.3. The Morgan fingerprint density at radius 1 is 0.961 bits per heavy atom. The molecule has 0 spiro atoms. The van der Waals surface area contributed by atoms with Crippen molar-refractivity contribution in [2.24, 2.45) is 9.98 Å². The molecule has 2 N–H and O–H groups in total. The highest BCUT2D eigenvalue weighted by molar-refractivity contribution is 5.91. The fraction of sp³-hybridized carbons (Fsp3) is 0.353. The molecule has 0 unspecified atom stereocenters. The van der Waals surface area contributed by atoms with Crippen LogP contribution in [0.3, 0.4) is 0 Å². The zero-order valence-corrected chi connectivity index (χ0v) is 26.6. The third-order valence-electron chi connectivity index (χ3n) is 7.73. The summed E-state index contributed by atoms with van der Waals surface area (Å²) >= 11 is 0. The molecule has 1 fully saturated rings. The second-order valence-electron chi connectivity index (χ2n) is 11.2. The summed E-state index contributed by atoms with van der Waals surface area (Å²) in [5.74, 6) is 1.80. The molecule has 4 amide bonds. The highest BCUT2D eigenvalue weighted by Gasteiger charge is 2.38. The predicted molar refractivity (Wildman–Crippen MR) is 169 cm³/mol. The topological polar surface area (TPSA) is 141 Å². The summed E-state index contributed by atoms with van der Waals surface area (Å²) in [6, 6.07) is 7.59. The quantitative estimate of drug-likeness (QED) is 0.155. The van der Waals surface area contributed by atoms with Crippen molar-refractivity contribution in [3.63, 3.8) is 0 Å². The molecule has 2 aliphatic rings. The third-order valence-corrected chi connectivity index (χ3v) is 7.73. The Labute approximate surface area is 286 Å². The molecule has 0 aliphatic carbocycles. The van der Waals surface area contributed by atoms with E-state index in [-0.39, 0.29) is 31.2 Å². The lowest BCUT2D eigenvalue weighted by Gasteiger charge is -2.37. The Morgan fingerprint density at radius 2 is 1.59 bits per heavy atom. The van der Waals surface area contributed by atoms with Crippen LogP contribution in [0.1, 0.15) is 35.1 Å². The molecule has 4 rings (SSSR count). The van der Waals surface area contributed by atoms with Gasteiger partial charge in [-0.2, -0.15) is 31.3 Å². The first kappa shape index (κ1) is 38.0. The van der Waals surface area contributed by atoms with Gasteiger partial charge in [-0.1, -0.05) is 18.2 Å². The van der Waals surface area contributed by atoms with E-state index in [1.807, 2.05) is 12.1 Å². The number of alkyl halides is 6. The maximum absolute atomic E-state index is 13.5. The number of benzene rings is 2. The number of hydrogen-bond donors (Lipinski definition) is 2. The zero-order valence-electron chi connectivity index (χ0n) is 26.6. The summed E-state index contributed by atoms with van der Waals surface area (Å²) in [4.78, 5) is 59.3. The van der Waals surface area contributed by atoms with Crippen molar-refractivity contribution < 1.29 is 55.4 Å². The molecule has 2 aliphatic heterocycles. The molecule has 2 aromatic rings. The second-order valence-corrected chi connectivity index (χ2v) is 11.2. The van der Waals surface area contributed by atoms with E-state index in [2.05, 4.69) is 38.5 Å². The minimum absolute atomic E-state index is 0.0697. The second kappa shape index (κ2) is 16.7. The number of aliphatic carboxylic acids is 1. The van der Waals surface area contributed by atoms with Crippen LogP contribution in [0.4, 0.5) is 41.6 Å². The number of halogens is 6. The highest BCUT2D eigenvalue weighted by Crippen LogP contribution is 2.37. The normalized spacial score (nSPS) is 15.3. The lowest BCUT2D eigenvalue weighted by molar-refractivity contribution is -0.143. The number of aliphatic imine (C=N–C) groups is 2. The maximum atomic E-state index is 13.5. The molecule has 17 heteroatoms. The number of para-hydroxylation sites is 1. The van der Waals surface area contributed by atoms with Gasteiger partial charge in [0.2, 0.25) is 0 Å². The molecule has 0 saturated carbocycles. The molecule has 0 bridgehead atoms. The number of piperidine rings is 1. The van der Waals surface area contributed by atoms with Gasteiger partial charge >= 0.3 is 30.4 Å². The molecular formula is C34H29F6N5O6. The number of likely N-dealkylation sites (tertiary alicyclic amines) is 1. The molecule has 2 aromatic carbocycles. The Morgan fingerprint density at radius 3 is 2.22 bits per heavy atom. The molecule has 51 heavy (non-hydrogen) atoms. The Bertz CT molecular complexity index is 1830. The van der Waals surface area contributed by atoms with Crippen molar-refractivity contribution in [1.29, 1.82) is 0 Å². The molecule has 0 aromatic heterocycles. The number of rotatable bonds is 8. The lowest BCUT2D eigenvalue weighted by atomic mass is 10.00. The SMILES string of the molecule is O=C(O)CN=C=C=CC=C=C=NC(=O)[C@@H](Cc1cc(C(F)(F)F)cc(C(F)(F)F)c1)OC(=O)N1CCC(N2CCc3ccccc3NC2=O)CC1. The molecular weight excluding hydrogens is 688 g/mol. The minimum Gasteiger partial charge on any atom is -0.480 e. The number of nitrogens with zero attached hydrogens (tertiary/aromatic N) is 4. The monoisotopic (exact) mass is 717 g/mol. The summed E-state index contributed by atoms with van der Waals surface area (Å²) in [7, 11) is 0. The minimum atomic E-state index is -5.16. The van der Waals surface area contributed by atoms with Gasteiger partial charge in [-0.25, -0.2) is 14.6 Å². The fourth-order valence-corrected chi connectivity index (χ4v) is 5.30. The van der Waals surface area contributed by atoms with Crippen LogP contribution in [-0.2, 0) is 39.5 Å². The van der Waals surface area contributed by atoms with Crippen molar-refractivity contribution in [1.82, 2.24) is 9.80 Å².